The van der Waals surface area contributed by atoms with E-state index in [-0.39, 0.29) is 0 Å². The molecular formula is C24H36N6. The van der Waals surface area contributed by atoms with E-state index in [0.717, 1.165) is 62.5 Å². The zero-order valence-corrected chi connectivity index (χ0v) is 18.6. The number of allylic oxidation sites excluding steroid dienone is 5. The minimum atomic E-state index is 0.759. The Kier molecular flexibility index (Phi) is 10.6. The molecule has 0 bridgehead atoms. The SMILES string of the molecule is C=C/C=C(\C=C/CC)CN1C=C(CN(CC2=CCCC=N2)CC(/C=C\C)=N/C)NN1. The van der Waals surface area contributed by atoms with E-state index < -0.39 is 0 Å². The molecule has 0 atom stereocenters. The fourth-order valence-corrected chi connectivity index (χ4v) is 3.26. The van der Waals surface area contributed by atoms with Crippen molar-refractivity contribution in [3.05, 3.63) is 72.3 Å². The second-order valence-corrected chi connectivity index (χ2v) is 7.25. The maximum absolute atomic E-state index is 4.57. The van der Waals surface area contributed by atoms with E-state index in [0.29, 0.717) is 0 Å². The summed E-state index contributed by atoms with van der Waals surface area (Å²) in [5, 5.41) is 2.06. The lowest BCUT2D eigenvalue weighted by Crippen LogP contribution is -2.40. The smallest absolute Gasteiger partial charge is 0.0606 e. The highest BCUT2D eigenvalue weighted by Crippen LogP contribution is 2.12. The van der Waals surface area contributed by atoms with Gasteiger partial charge in [0.1, 0.15) is 0 Å². The van der Waals surface area contributed by atoms with Crippen molar-refractivity contribution in [3.8, 4) is 0 Å². The highest BCUT2D eigenvalue weighted by atomic mass is 15.7. The van der Waals surface area contributed by atoms with Crippen LogP contribution in [0.25, 0.3) is 0 Å². The summed E-state index contributed by atoms with van der Waals surface area (Å²) in [5.74, 6) is 0. The summed E-state index contributed by atoms with van der Waals surface area (Å²) in [6.45, 7) is 11.1. The first-order valence-electron chi connectivity index (χ1n) is 10.7. The minimum absolute atomic E-state index is 0.759. The van der Waals surface area contributed by atoms with Crippen molar-refractivity contribution in [1.82, 2.24) is 20.9 Å². The van der Waals surface area contributed by atoms with E-state index in [1.807, 2.05) is 38.4 Å². The third-order valence-electron chi connectivity index (χ3n) is 4.67. The van der Waals surface area contributed by atoms with Crippen LogP contribution >= 0.6 is 0 Å². The van der Waals surface area contributed by atoms with Crippen LogP contribution in [0.2, 0.25) is 0 Å². The highest BCUT2D eigenvalue weighted by molar-refractivity contribution is 5.96. The Balaban J connectivity index is 2.06. The maximum Gasteiger partial charge on any atom is 0.0606 e. The standard InChI is InChI=1S/C24H36N6/c1-5-8-13-21(11-6-2)16-30-20-24(27-28-30)19-29(17-22(25-4)12-7-3)18-23-14-9-10-15-26-23/h6-8,11-15,20,27-28H,2,5,9-10,16-19H2,1,3-4H3/b12-7-,13-8-,21-11+,25-22+. The van der Waals surface area contributed by atoms with Crippen molar-refractivity contribution < 1.29 is 0 Å². The number of aliphatic imine (C=N–C) groups is 2. The normalized spacial score (nSPS) is 17.8. The molecule has 0 unspecified atom stereocenters. The van der Waals surface area contributed by atoms with Gasteiger partial charge in [0.05, 0.1) is 17.9 Å². The van der Waals surface area contributed by atoms with E-state index >= 15 is 0 Å². The molecule has 162 valence electrons. The minimum Gasteiger partial charge on any atom is -0.305 e. The van der Waals surface area contributed by atoms with Gasteiger partial charge in [-0.2, -0.15) is 0 Å². The Bertz CT molecular complexity index is 761. The number of hydrogen-bond donors (Lipinski definition) is 2. The summed E-state index contributed by atoms with van der Waals surface area (Å²) in [6.07, 6.45) is 21.8. The average Bonchev–Trinajstić information content (AvgIpc) is 3.19. The second-order valence-electron chi connectivity index (χ2n) is 7.25. The van der Waals surface area contributed by atoms with Crippen LogP contribution in [0.1, 0.15) is 33.1 Å². The average molecular weight is 409 g/mol. The van der Waals surface area contributed by atoms with E-state index in [9.17, 15) is 0 Å². The molecule has 0 aromatic rings. The molecule has 0 spiro atoms. The topological polar surface area (TPSA) is 55.3 Å². The van der Waals surface area contributed by atoms with Gasteiger partial charge in [0.15, 0.2) is 0 Å². The van der Waals surface area contributed by atoms with Crippen LogP contribution in [-0.2, 0) is 0 Å². The van der Waals surface area contributed by atoms with Crippen molar-refractivity contribution in [2.24, 2.45) is 9.98 Å². The zero-order chi connectivity index (χ0) is 21.6. The zero-order valence-electron chi connectivity index (χ0n) is 18.6. The summed E-state index contributed by atoms with van der Waals surface area (Å²) in [4.78, 5) is 11.4. The molecule has 0 aromatic carbocycles. The molecule has 0 radical (unpaired) electrons. The lowest BCUT2D eigenvalue weighted by atomic mass is 10.2. The number of rotatable bonds is 12. The predicted octanol–water partition coefficient (Wildman–Crippen LogP) is 3.93. The van der Waals surface area contributed by atoms with Gasteiger partial charge in [-0.3, -0.25) is 19.9 Å². The Morgan fingerprint density at radius 2 is 2.20 bits per heavy atom. The Morgan fingerprint density at radius 1 is 1.33 bits per heavy atom. The van der Waals surface area contributed by atoms with Crippen molar-refractivity contribution in [2.75, 3.05) is 33.2 Å². The Hall–Kier alpha value is -2.70. The number of hydrazine groups is 2. The van der Waals surface area contributed by atoms with E-state index in [1.54, 1.807) is 0 Å². The second kappa shape index (κ2) is 13.5. The van der Waals surface area contributed by atoms with Crippen LogP contribution in [0.5, 0.6) is 0 Å². The van der Waals surface area contributed by atoms with Crippen LogP contribution in [0.4, 0.5) is 0 Å². The summed E-state index contributed by atoms with van der Waals surface area (Å²) < 4.78 is 0. The molecule has 2 rings (SSSR count). The molecule has 30 heavy (non-hydrogen) atoms. The van der Waals surface area contributed by atoms with Crippen LogP contribution < -0.4 is 11.0 Å². The predicted molar refractivity (Wildman–Crippen MR) is 129 cm³/mol. The van der Waals surface area contributed by atoms with Crippen LogP contribution in [0.3, 0.4) is 0 Å². The van der Waals surface area contributed by atoms with Crippen LogP contribution in [0.15, 0.2) is 82.3 Å². The van der Waals surface area contributed by atoms with Crippen LogP contribution in [0, 0.1) is 0 Å². The van der Waals surface area contributed by atoms with Gasteiger partial charge in [-0.25, -0.2) is 0 Å². The van der Waals surface area contributed by atoms with Gasteiger partial charge >= 0.3 is 0 Å². The lowest BCUT2D eigenvalue weighted by Gasteiger charge is -2.23. The van der Waals surface area contributed by atoms with Gasteiger partial charge in [0.2, 0.25) is 0 Å². The molecule has 0 saturated heterocycles. The Labute approximate surface area is 181 Å². The van der Waals surface area contributed by atoms with E-state index in [2.05, 4.69) is 74.9 Å². The molecule has 0 aromatic heterocycles. The van der Waals surface area contributed by atoms with Crippen molar-refractivity contribution in [1.29, 1.82) is 0 Å². The van der Waals surface area contributed by atoms with E-state index in [1.165, 1.54) is 5.57 Å². The molecule has 2 aliphatic heterocycles. The molecule has 2 aliphatic rings. The summed E-state index contributed by atoms with van der Waals surface area (Å²) >= 11 is 0. The van der Waals surface area contributed by atoms with Gasteiger partial charge in [0.25, 0.3) is 0 Å². The van der Waals surface area contributed by atoms with Gasteiger partial charge < -0.3 is 5.43 Å². The summed E-state index contributed by atoms with van der Waals surface area (Å²) in [6, 6.07) is 0. The molecule has 0 fully saturated rings. The van der Waals surface area contributed by atoms with Crippen molar-refractivity contribution >= 4 is 11.9 Å². The fraction of sp³-hybridized carbons (Fsp3) is 0.417. The van der Waals surface area contributed by atoms with Gasteiger partial charge in [0, 0.05) is 44.8 Å². The molecule has 2 N–H and O–H groups in total. The summed E-state index contributed by atoms with van der Waals surface area (Å²) in [5.41, 5.74) is 11.0. The Morgan fingerprint density at radius 3 is 2.87 bits per heavy atom. The van der Waals surface area contributed by atoms with Crippen molar-refractivity contribution in [3.63, 3.8) is 0 Å². The monoisotopic (exact) mass is 408 g/mol. The largest absolute Gasteiger partial charge is 0.305 e. The fourth-order valence-electron chi connectivity index (χ4n) is 3.26. The van der Waals surface area contributed by atoms with Gasteiger partial charge in [-0.15, -0.1) is 5.53 Å². The quantitative estimate of drug-likeness (QED) is 0.379. The van der Waals surface area contributed by atoms with Crippen LogP contribution in [-0.4, -0.2) is 55.1 Å². The first-order chi connectivity index (χ1) is 14.7. The van der Waals surface area contributed by atoms with Gasteiger partial charge in [-0.05, 0) is 37.8 Å². The molecule has 6 heteroatoms. The number of hydrogen-bond acceptors (Lipinski definition) is 6. The number of nitrogens with one attached hydrogen (secondary N) is 2. The first-order valence-corrected chi connectivity index (χ1v) is 10.7. The maximum atomic E-state index is 4.57. The number of nitrogens with zero attached hydrogens (tertiary/aromatic N) is 4. The molecule has 0 amide bonds. The molecule has 6 nitrogen and oxygen atoms in total. The third kappa shape index (κ3) is 8.35. The summed E-state index contributed by atoms with van der Waals surface area (Å²) in [7, 11) is 1.85. The van der Waals surface area contributed by atoms with Crippen molar-refractivity contribution in [2.45, 2.75) is 33.1 Å². The highest BCUT2D eigenvalue weighted by Gasteiger charge is 2.17. The first kappa shape index (κ1) is 23.6. The molecule has 0 aliphatic carbocycles. The third-order valence-corrected chi connectivity index (χ3v) is 4.67. The van der Waals surface area contributed by atoms with Gasteiger partial charge in [-0.1, -0.05) is 50.0 Å². The lowest BCUT2D eigenvalue weighted by molar-refractivity contribution is 0.289. The molecule has 0 saturated carbocycles. The molecular weight excluding hydrogens is 372 g/mol. The van der Waals surface area contributed by atoms with E-state index in [4.69, 9.17) is 0 Å². The molecule has 2 heterocycles.